The largest absolute Gasteiger partial charge is 0.481 e. The van der Waals surface area contributed by atoms with Crippen LogP contribution in [0.2, 0.25) is 0 Å². The predicted molar refractivity (Wildman–Crippen MR) is 146 cm³/mol. The van der Waals surface area contributed by atoms with E-state index in [1.54, 1.807) is 12.1 Å². The second kappa shape index (κ2) is 18.1. The van der Waals surface area contributed by atoms with Gasteiger partial charge in [0.2, 0.25) is 0 Å². The number of benzene rings is 1. The first-order valence-electron chi connectivity index (χ1n) is 13.5. The SMILES string of the molecule is CC(=O)Oc1ccccc1C(=O)OC(C)CC(=O)OC(C)CC(=O)OC(C)CC(=O)OC(C)CC(=O)OC(C)CC(=O)O. The molecule has 1 N–H and O–H groups in total. The topological polar surface area (TPSA) is 195 Å². The molecule has 0 saturated heterocycles. The number of hydrogen-bond donors (Lipinski definition) is 1. The number of ether oxygens (including phenoxy) is 6. The number of carbonyl (C=O) groups excluding carboxylic acids is 6. The summed E-state index contributed by atoms with van der Waals surface area (Å²) in [6.07, 6.45) is -5.93. The zero-order valence-electron chi connectivity index (χ0n) is 25.0. The molecule has 0 spiro atoms. The maximum Gasteiger partial charge on any atom is 0.342 e. The van der Waals surface area contributed by atoms with E-state index in [9.17, 15) is 33.6 Å². The molecule has 0 aliphatic carbocycles. The number of carbonyl (C=O) groups is 7. The third kappa shape index (κ3) is 15.9. The molecule has 14 nitrogen and oxygen atoms in total. The van der Waals surface area contributed by atoms with Gasteiger partial charge in [0.05, 0.1) is 32.1 Å². The van der Waals surface area contributed by atoms with Gasteiger partial charge in [-0.3, -0.25) is 28.8 Å². The zero-order valence-corrected chi connectivity index (χ0v) is 25.0. The van der Waals surface area contributed by atoms with Crippen LogP contribution < -0.4 is 4.74 Å². The molecule has 0 radical (unpaired) electrons. The lowest BCUT2D eigenvalue weighted by Crippen LogP contribution is -2.27. The van der Waals surface area contributed by atoms with Gasteiger partial charge in [-0.25, -0.2) is 4.79 Å². The highest BCUT2D eigenvalue weighted by molar-refractivity contribution is 5.93. The van der Waals surface area contributed by atoms with Crippen molar-refractivity contribution in [3.05, 3.63) is 29.8 Å². The van der Waals surface area contributed by atoms with E-state index in [-0.39, 0.29) is 43.4 Å². The Bertz CT molecular complexity index is 1160. The summed E-state index contributed by atoms with van der Waals surface area (Å²) in [7, 11) is 0. The van der Waals surface area contributed by atoms with E-state index in [0.29, 0.717) is 0 Å². The van der Waals surface area contributed by atoms with Crippen LogP contribution >= 0.6 is 0 Å². The Kier molecular flexibility index (Phi) is 15.4. The number of para-hydroxylation sites is 1. The Labute approximate surface area is 248 Å². The summed E-state index contributed by atoms with van der Waals surface area (Å²) in [5.74, 6) is -5.47. The minimum absolute atomic E-state index is 0.00612. The molecule has 0 fully saturated rings. The molecule has 1 rings (SSSR count). The van der Waals surface area contributed by atoms with Crippen LogP contribution in [-0.4, -0.2) is 77.4 Å². The summed E-state index contributed by atoms with van der Waals surface area (Å²) in [4.78, 5) is 82.8. The van der Waals surface area contributed by atoms with Crippen molar-refractivity contribution >= 4 is 41.8 Å². The maximum atomic E-state index is 12.5. The van der Waals surface area contributed by atoms with E-state index in [1.165, 1.54) is 53.7 Å². The first-order valence-corrected chi connectivity index (χ1v) is 13.5. The molecule has 238 valence electrons. The smallest absolute Gasteiger partial charge is 0.342 e. The molecule has 14 heteroatoms. The molecular weight excluding hydrogens is 572 g/mol. The fourth-order valence-corrected chi connectivity index (χ4v) is 3.61. The van der Waals surface area contributed by atoms with Crippen LogP contribution in [-0.2, 0) is 52.5 Å². The lowest BCUT2D eigenvalue weighted by atomic mass is 10.2. The van der Waals surface area contributed by atoms with Gasteiger partial charge in [-0.2, -0.15) is 0 Å². The molecule has 0 aromatic heterocycles. The fraction of sp³-hybridized carbons (Fsp3) is 0.552. The van der Waals surface area contributed by atoms with Crippen LogP contribution in [0.15, 0.2) is 24.3 Å². The van der Waals surface area contributed by atoms with Crippen molar-refractivity contribution in [3.63, 3.8) is 0 Å². The summed E-state index contributed by atoms with van der Waals surface area (Å²) < 4.78 is 30.6. The Morgan fingerprint density at radius 3 is 1.30 bits per heavy atom. The van der Waals surface area contributed by atoms with Crippen molar-refractivity contribution in [1.82, 2.24) is 0 Å². The Morgan fingerprint density at radius 2 is 0.930 bits per heavy atom. The number of rotatable bonds is 17. The van der Waals surface area contributed by atoms with Gasteiger partial charge in [-0.1, -0.05) is 12.1 Å². The first kappa shape index (κ1) is 36.5. The molecule has 0 aliphatic heterocycles. The molecule has 0 amide bonds. The number of carboxylic acids is 1. The van der Waals surface area contributed by atoms with Crippen LogP contribution in [0.5, 0.6) is 5.75 Å². The molecule has 43 heavy (non-hydrogen) atoms. The minimum Gasteiger partial charge on any atom is -0.481 e. The van der Waals surface area contributed by atoms with Crippen molar-refractivity contribution in [2.24, 2.45) is 0 Å². The second-order valence-electron chi connectivity index (χ2n) is 9.92. The summed E-state index contributed by atoms with van der Waals surface area (Å²) in [5, 5.41) is 8.70. The molecule has 0 saturated carbocycles. The van der Waals surface area contributed by atoms with Gasteiger partial charge in [0.15, 0.2) is 0 Å². The third-order valence-electron chi connectivity index (χ3n) is 5.28. The first-order chi connectivity index (χ1) is 20.0. The van der Waals surface area contributed by atoms with Crippen LogP contribution in [0.1, 0.15) is 84.0 Å². The Morgan fingerprint density at radius 1 is 0.581 bits per heavy atom. The molecule has 1 aromatic carbocycles. The van der Waals surface area contributed by atoms with Crippen molar-refractivity contribution < 1.29 is 67.1 Å². The molecule has 0 aliphatic rings. The maximum absolute atomic E-state index is 12.5. The quantitative estimate of drug-likeness (QED) is 0.154. The fourth-order valence-electron chi connectivity index (χ4n) is 3.61. The van der Waals surface area contributed by atoms with Gasteiger partial charge < -0.3 is 33.5 Å². The van der Waals surface area contributed by atoms with E-state index in [1.807, 2.05) is 0 Å². The summed E-state index contributed by atoms with van der Waals surface area (Å²) in [6, 6.07) is 5.97. The molecule has 5 unspecified atom stereocenters. The highest BCUT2D eigenvalue weighted by atomic mass is 16.6. The van der Waals surface area contributed by atoms with E-state index in [0.717, 1.165) is 0 Å². The number of carboxylic acid groups (broad SMARTS) is 1. The Balaban J connectivity index is 2.41. The lowest BCUT2D eigenvalue weighted by molar-refractivity contribution is -0.160. The molecule has 1 aromatic rings. The molecule has 0 heterocycles. The molecular formula is C29H38O14. The average molecular weight is 611 g/mol. The summed E-state index contributed by atoms with van der Waals surface area (Å²) in [5.41, 5.74) is 0.00612. The van der Waals surface area contributed by atoms with E-state index < -0.39 is 72.3 Å². The van der Waals surface area contributed by atoms with Crippen molar-refractivity contribution in [3.8, 4) is 5.75 Å². The van der Waals surface area contributed by atoms with Gasteiger partial charge in [0, 0.05) is 6.92 Å². The van der Waals surface area contributed by atoms with Crippen molar-refractivity contribution in [2.75, 3.05) is 0 Å². The van der Waals surface area contributed by atoms with Gasteiger partial charge >= 0.3 is 41.8 Å². The summed E-state index contributed by atoms with van der Waals surface area (Å²) in [6.45, 7) is 8.45. The molecule has 5 atom stereocenters. The summed E-state index contributed by atoms with van der Waals surface area (Å²) >= 11 is 0. The number of esters is 6. The number of hydrogen-bond acceptors (Lipinski definition) is 13. The zero-order chi connectivity index (χ0) is 32.7. The second-order valence-corrected chi connectivity index (χ2v) is 9.92. The van der Waals surface area contributed by atoms with E-state index >= 15 is 0 Å². The van der Waals surface area contributed by atoms with Crippen LogP contribution in [0.4, 0.5) is 0 Å². The normalized spacial score (nSPS) is 14.1. The van der Waals surface area contributed by atoms with E-state index in [2.05, 4.69) is 0 Å². The van der Waals surface area contributed by atoms with Gasteiger partial charge in [0.1, 0.15) is 41.8 Å². The Hall–Kier alpha value is -4.49. The van der Waals surface area contributed by atoms with Gasteiger partial charge in [-0.15, -0.1) is 0 Å². The van der Waals surface area contributed by atoms with E-state index in [4.69, 9.17) is 33.5 Å². The van der Waals surface area contributed by atoms with Crippen LogP contribution in [0.25, 0.3) is 0 Å². The standard InChI is InChI=1S/C29H38O14/c1-16(11-24(31)32)38-25(33)12-17(2)39-26(34)13-18(3)40-27(35)14-19(4)41-28(36)15-20(5)42-29(37)22-9-7-8-10-23(22)43-21(6)30/h7-10,16-20H,11-15H2,1-6H3,(H,31,32). The third-order valence-corrected chi connectivity index (χ3v) is 5.28. The van der Waals surface area contributed by atoms with Crippen molar-refractivity contribution in [2.45, 2.75) is 104 Å². The van der Waals surface area contributed by atoms with Crippen molar-refractivity contribution in [1.29, 1.82) is 0 Å². The van der Waals surface area contributed by atoms with Crippen LogP contribution in [0, 0.1) is 0 Å². The van der Waals surface area contributed by atoms with Gasteiger partial charge in [0.25, 0.3) is 0 Å². The van der Waals surface area contributed by atoms with Gasteiger partial charge in [-0.05, 0) is 46.8 Å². The number of aliphatic carboxylic acids is 1. The monoisotopic (exact) mass is 610 g/mol. The van der Waals surface area contributed by atoms with Crippen LogP contribution in [0.3, 0.4) is 0 Å². The lowest BCUT2D eigenvalue weighted by Gasteiger charge is -2.18. The average Bonchev–Trinajstić information content (AvgIpc) is 2.82. The highest BCUT2D eigenvalue weighted by Gasteiger charge is 2.24. The molecule has 0 bridgehead atoms. The highest BCUT2D eigenvalue weighted by Crippen LogP contribution is 2.20. The predicted octanol–water partition coefficient (Wildman–Crippen LogP) is 2.92. The minimum atomic E-state index is -1.12.